The van der Waals surface area contributed by atoms with Gasteiger partial charge in [-0.1, -0.05) is 41.6 Å². The smallest absolute Gasteiger partial charge is 0.284 e. The fraction of sp³-hybridized carbons (Fsp3) is 0.200. The number of aliphatic hydroxyl groups excluding tert-OH is 1. The average molecular weight is 534 g/mol. The second kappa shape index (κ2) is 9.44. The van der Waals surface area contributed by atoms with Crippen LogP contribution in [0.25, 0.3) is 44.5 Å². The van der Waals surface area contributed by atoms with E-state index in [4.69, 9.17) is 10.3 Å². The number of hydrogen-bond donors (Lipinski definition) is 2. The highest BCUT2D eigenvalue weighted by molar-refractivity contribution is 5.89. The maximum atomic E-state index is 13.8. The van der Waals surface area contributed by atoms with Crippen LogP contribution in [0, 0.1) is 6.92 Å². The van der Waals surface area contributed by atoms with Crippen LogP contribution in [0.3, 0.4) is 0 Å². The normalized spacial score (nSPS) is 15.9. The van der Waals surface area contributed by atoms with E-state index < -0.39 is 0 Å². The third kappa shape index (κ3) is 4.05. The number of β-amino-alcohol motifs (C(OH)–C–C–N with tert-alkyl or cyclic N) is 1. The minimum Gasteiger partial charge on any atom is -0.392 e. The first-order valence-electron chi connectivity index (χ1n) is 13.2. The van der Waals surface area contributed by atoms with Gasteiger partial charge in [-0.05, 0) is 60.4 Å². The summed E-state index contributed by atoms with van der Waals surface area (Å²) in [5.41, 5.74) is 12.6. The summed E-state index contributed by atoms with van der Waals surface area (Å²) in [5, 5.41) is 19.0. The maximum Gasteiger partial charge on any atom is 0.284 e. The van der Waals surface area contributed by atoms with E-state index in [2.05, 4.69) is 32.3 Å². The number of aromatic nitrogens is 5. The fourth-order valence-corrected chi connectivity index (χ4v) is 5.53. The van der Waals surface area contributed by atoms with Gasteiger partial charge in [0.25, 0.3) is 5.56 Å². The lowest BCUT2D eigenvalue weighted by Crippen LogP contribution is -2.21. The van der Waals surface area contributed by atoms with E-state index in [9.17, 15) is 9.90 Å². The second-order valence-electron chi connectivity index (χ2n) is 10.2. The van der Waals surface area contributed by atoms with Gasteiger partial charge < -0.3 is 15.4 Å². The Morgan fingerprint density at radius 3 is 2.67 bits per heavy atom. The Morgan fingerprint density at radius 1 is 1.07 bits per heavy atom. The number of nitrogen functional groups attached to an aromatic ring is 1. The molecule has 10 heteroatoms. The number of aryl methyl sites for hydroxylation is 1. The van der Waals surface area contributed by atoms with Crippen LogP contribution >= 0.6 is 0 Å². The van der Waals surface area contributed by atoms with Crippen LogP contribution in [-0.2, 0) is 6.54 Å². The molecule has 0 amide bonds. The second-order valence-corrected chi connectivity index (χ2v) is 10.2. The van der Waals surface area contributed by atoms with Gasteiger partial charge >= 0.3 is 0 Å². The third-order valence-electron chi connectivity index (χ3n) is 7.59. The Labute approximate surface area is 228 Å². The van der Waals surface area contributed by atoms with Gasteiger partial charge in [-0.25, -0.2) is 9.67 Å². The van der Waals surface area contributed by atoms with Gasteiger partial charge in [-0.3, -0.25) is 14.3 Å². The van der Waals surface area contributed by atoms with Crippen molar-refractivity contribution >= 4 is 27.8 Å². The first kappa shape index (κ1) is 24.3. The van der Waals surface area contributed by atoms with E-state index in [0.717, 1.165) is 30.6 Å². The molecule has 0 bridgehead atoms. The SMILES string of the molecule is Cc1nn(-c2ccc3onc(N)c3c2)c2c(=O)n(-c3ccc(-c4ccccc4CN4CC[C@@H](O)C4)cc3)cnc12. The van der Waals surface area contributed by atoms with Crippen molar-refractivity contribution in [2.24, 2.45) is 0 Å². The number of hydrogen-bond acceptors (Lipinski definition) is 8. The topological polar surface area (TPSA) is 128 Å². The first-order chi connectivity index (χ1) is 19.5. The summed E-state index contributed by atoms with van der Waals surface area (Å²) >= 11 is 0. The third-order valence-corrected chi connectivity index (χ3v) is 7.59. The monoisotopic (exact) mass is 533 g/mol. The van der Waals surface area contributed by atoms with Crippen molar-refractivity contribution in [3.05, 3.63) is 94.7 Å². The molecule has 10 nitrogen and oxygen atoms in total. The van der Waals surface area contributed by atoms with E-state index in [0.29, 0.717) is 45.6 Å². The van der Waals surface area contributed by atoms with Gasteiger partial charge in [-0.15, -0.1) is 0 Å². The first-order valence-corrected chi connectivity index (χ1v) is 13.2. The molecule has 1 fully saturated rings. The van der Waals surface area contributed by atoms with Gasteiger partial charge in [0.05, 0.1) is 28.6 Å². The molecule has 1 aliphatic rings. The molecule has 0 saturated carbocycles. The van der Waals surface area contributed by atoms with Crippen LogP contribution in [0.4, 0.5) is 5.82 Å². The molecular weight excluding hydrogens is 506 g/mol. The zero-order valence-corrected chi connectivity index (χ0v) is 21.9. The van der Waals surface area contributed by atoms with Gasteiger partial charge in [-0.2, -0.15) is 5.10 Å². The molecule has 4 heterocycles. The highest BCUT2D eigenvalue weighted by Crippen LogP contribution is 2.28. The Morgan fingerprint density at radius 2 is 1.88 bits per heavy atom. The lowest BCUT2D eigenvalue weighted by atomic mass is 9.99. The number of nitrogens with zero attached hydrogens (tertiary/aromatic N) is 6. The predicted octanol–water partition coefficient (Wildman–Crippen LogP) is 3.84. The van der Waals surface area contributed by atoms with Crippen molar-refractivity contribution in [3.63, 3.8) is 0 Å². The Kier molecular flexibility index (Phi) is 5.72. The summed E-state index contributed by atoms with van der Waals surface area (Å²) in [7, 11) is 0. The largest absolute Gasteiger partial charge is 0.392 e. The lowest BCUT2D eigenvalue weighted by Gasteiger charge is -2.18. The molecule has 1 atom stereocenters. The Hall–Kier alpha value is -4.80. The Bertz CT molecular complexity index is 1940. The summed E-state index contributed by atoms with van der Waals surface area (Å²) in [6.45, 7) is 4.20. The molecule has 0 unspecified atom stereocenters. The van der Waals surface area contributed by atoms with Crippen LogP contribution in [0.15, 0.2) is 82.4 Å². The highest BCUT2D eigenvalue weighted by atomic mass is 16.5. The summed E-state index contributed by atoms with van der Waals surface area (Å²) in [6.07, 6.45) is 2.11. The molecule has 1 aliphatic heterocycles. The molecule has 40 heavy (non-hydrogen) atoms. The van der Waals surface area contributed by atoms with Crippen molar-refractivity contribution in [2.45, 2.75) is 26.0 Å². The molecule has 3 N–H and O–H groups in total. The molecule has 7 rings (SSSR count). The number of nitrogens with two attached hydrogens (primary N) is 1. The van der Waals surface area contributed by atoms with Gasteiger partial charge in [0.1, 0.15) is 11.8 Å². The predicted molar refractivity (Wildman–Crippen MR) is 153 cm³/mol. The molecule has 0 radical (unpaired) electrons. The molecule has 0 aliphatic carbocycles. The molecule has 200 valence electrons. The molecule has 3 aromatic heterocycles. The van der Waals surface area contributed by atoms with Crippen LogP contribution < -0.4 is 11.3 Å². The zero-order valence-electron chi connectivity index (χ0n) is 21.9. The van der Waals surface area contributed by atoms with E-state index in [1.807, 2.05) is 49.4 Å². The fourth-order valence-electron chi connectivity index (χ4n) is 5.53. The number of fused-ring (bicyclic) bond motifs is 2. The molecule has 0 spiro atoms. The van der Waals surface area contributed by atoms with Crippen LogP contribution in [0.1, 0.15) is 17.7 Å². The summed E-state index contributed by atoms with van der Waals surface area (Å²) in [4.78, 5) is 20.7. The number of benzene rings is 3. The minimum atomic E-state index is -0.250. The van der Waals surface area contributed by atoms with Crippen molar-refractivity contribution < 1.29 is 9.63 Å². The van der Waals surface area contributed by atoms with Gasteiger partial charge in [0.15, 0.2) is 16.9 Å². The summed E-state index contributed by atoms with van der Waals surface area (Å²) < 4.78 is 8.36. The summed E-state index contributed by atoms with van der Waals surface area (Å²) in [5.74, 6) is 0.278. The highest BCUT2D eigenvalue weighted by Gasteiger charge is 2.21. The molecular formula is C30H27N7O3. The van der Waals surface area contributed by atoms with Crippen molar-refractivity contribution in [1.29, 1.82) is 0 Å². The standard InChI is InChI=1S/C30H27N7O3/c1-18-27-28(37(33-18)22-10-11-26-25(14-22)29(31)34-40-26)30(39)36(17-32-27)21-8-6-19(7-9-21)24-5-3-2-4-20(24)15-35-13-12-23(38)16-35/h2-11,14,17,23,38H,12-13,15-16H2,1H3,(H2,31,34)/t23-/m1/s1. The molecule has 3 aromatic carbocycles. The quantitative estimate of drug-likeness (QED) is 0.342. The van der Waals surface area contributed by atoms with Crippen molar-refractivity contribution in [3.8, 4) is 22.5 Å². The zero-order chi connectivity index (χ0) is 27.4. The molecule has 6 aromatic rings. The average Bonchev–Trinajstić information content (AvgIpc) is 3.66. The number of rotatable bonds is 5. The molecule has 1 saturated heterocycles. The van der Waals surface area contributed by atoms with Crippen LogP contribution in [-0.4, -0.2) is 53.7 Å². The van der Waals surface area contributed by atoms with Crippen molar-refractivity contribution in [1.82, 2.24) is 29.4 Å². The maximum absolute atomic E-state index is 13.8. The van der Waals surface area contributed by atoms with Crippen LogP contribution in [0.2, 0.25) is 0 Å². The van der Waals surface area contributed by atoms with Crippen molar-refractivity contribution in [2.75, 3.05) is 18.8 Å². The number of anilines is 1. The van der Waals surface area contributed by atoms with Crippen LogP contribution in [0.5, 0.6) is 0 Å². The van der Waals surface area contributed by atoms with Gasteiger partial charge in [0, 0.05) is 19.6 Å². The van der Waals surface area contributed by atoms with E-state index in [-0.39, 0.29) is 17.5 Å². The minimum absolute atomic E-state index is 0.232. The lowest BCUT2D eigenvalue weighted by molar-refractivity contribution is 0.175. The number of likely N-dealkylation sites (tertiary alicyclic amines) is 1. The van der Waals surface area contributed by atoms with E-state index in [1.165, 1.54) is 10.1 Å². The van der Waals surface area contributed by atoms with E-state index in [1.54, 1.807) is 23.1 Å². The number of aliphatic hydroxyl groups is 1. The Balaban J connectivity index is 1.26. The summed E-state index contributed by atoms with van der Waals surface area (Å²) in [6, 6.07) is 21.6. The van der Waals surface area contributed by atoms with Gasteiger partial charge in [0.2, 0.25) is 0 Å². The van der Waals surface area contributed by atoms with E-state index >= 15 is 0 Å².